The Kier molecular flexibility index (Phi) is 4.02. The van der Waals surface area contributed by atoms with E-state index in [4.69, 9.17) is 5.73 Å². The molecule has 72 valence electrons. The number of nitrogens with two attached hydrogens (primary N) is 1. The van der Waals surface area contributed by atoms with Crippen LogP contribution < -0.4 is 11.1 Å². The number of rotatable bonds is 4. The highest BCUT2D eigenvalue weighted by Crippen LogP contribution is 2.22. The molecule has 1 aliphatic rings. The topological polar surface area (TPSA) is 38.0 Å². The van der Waals surface area contributed by atoms with Gasteiger partial charge < -0.3 is 11.1 Å². The van der Waals surface area contributed by atoms with Crippen molar-refractivity contribution in [3.05, 3.63) is 0 Å². The van der Waals surface area contributed by atoms with Crippen LogP contribution in [0.3, 0.4) is 0 Å². The van der Waals surface area contributed by atoms with Crippen molar-refractivity contribution in [2.75, 3.05) is 13.1 Å². The molecule has 1 aliphatic carbocycles. The van der Waals surface area contributed by atoms with E-state index in [1.54, 1.807) is 0 Å². The summed E-state index contributed by atoms with van der Waals surface area (Å²) in [5.74, 6) is 1.49. The summed E-state index contributed by atoms with van der Waals surface area (Å²) in [4.78, 5) is 0. The van der Waals surface area contributed by atoms with E-state index >= 15 is 0 Å². The molecule has 2 heteroatoms. The molecule has 1 rings (SSSR count). The Bertz CT molecular complexity index is 123. The minimum atomic E-state index is 0.463. The van der Waals surface area contributed by atoms with E-state index in [-0.39, 0.29) is 0 Å². The van der Waals surface area contributed by atoms with Crippen molar-refractivity contribution in [1.82, 2.24) is 5.32 Å². The molecule has 0 aliphatic heterocycles. The third-order valence-corrected chi connectivity index (χ3v) is 2.68. The molecule has 0 unspecified atom stereocenters. The molecule has 2 nitrogen and oxygen atoms in total. The molecule has 0 aromatic rings. The molecule has 0 heterocycles. The summed E-state index contributed by atoms with van der Waals surface area (Å²) >= 11 is 0. The summed E-state index contributed by atoms with van der Waals surface area (Å²) in [7, 11) is 0. The average molecular weight is 170 g/mol. The van der Waals surface area contributed by atoms with E-state index in [0.29, 0.717) is 6.04 Å². The van der Waals surface area contributed by atoms with Gasteiger partial charge in [-0.2, -0.15) is 0 Å². The number of hydrogen-bond acceptors (Lipinski definition) is 2. The van der Waals surface area contributed by atoms with Crippen LogP contribution in [0.2, 0.25) is 0 Å². The molecule has 3 N–H and O–H groups in total. The number of hydrogen-bond donors (Lipinski definition) is 2. The minimum Gasteiger partial charge on any atom is -0.327 e. The Morgan fingerprint density at radius 1 is 1.42 bits per heavy atom. The largest absolute Gasteiger partial charge is 0.327 e. The molecule has 12 heavy (non-hydrogen) atoms. The van der Waals surface area contributed by atoms with Gasteiger partial charge in [0.1, 0.15) is 0 Å². The van der Waals surface area contributed by atoms with Crippen LogP contribution in [-0.2, 0) is 0 Å². The lowest BCUT2D eigenvalue weighted by Gasteiger charge is -2.16. The highest BCUT2D eigenvalue weighted by atomic mass is 14.9. The Morgan fingerprint density at radius 2 is 2.17 bits per heavy atom. The first-order valence-electron chi connectivity index (χ1n) is 5.16. The zero-order valence-electron chi connectivity index (χ0n) is 8.34. The summed E-state index contributed by atoms with van der Waals surface area (Å²) in [6.45, 7) is 6.73. The maximum Gasteiger partial charge on any atom is 0.00792 e. The minimum absolute atomic E-state index is 0.463. The molecule has 1 fully saturated rings. The molecule has 2 atom stereocenters. The fourth-order valence-electron chi connectivity index (χ4n) is 1.88. The van der Waals surface area contributed by atoms with Gasteiger partial charge in [-0.25, -0.2) is 0 Å². The molecule has 0 spiro atoms. The maximum absolute atomic E-state index is 5.96. The second-order valence-corrected chi connectivity index (χ2v) is 4.41. The van der Waals surface area contributed by atoms with Gasteiger partial charge in [-0.05, 0) is 37.8 Å². The SMILES string of the molecule is CC(C)CNC[C@@H]1CCC[C@@H]1N. The van der Waals surface area contributed by atoms with Gasteiger partial charge in [-0.3, -0.25) is 0 Å². The molecule has 0 aromatic carbocycles. The zero-order valence-corrected chi connectivity index (χ0v) is 8.34. The van der Waals surface area contributed by atoms with Crippen LogP contribution in [0.25, 0.3) is 0 Å². The van der Waals surface area contributed by atoms with Gasteiger partial charge in [-0.1, -0.05) is 20.3 Å². The Balaban J connectivity index is 2.06. The lowest BCUT2D eigenvalue weighted by Crippen LogP contribution is -2.34. The van der Waals surface area contributed by atoms with Crippen molar-refractivity contribution >= 4 is 0 Å². The van der Waals surface area contributed by atoms with E-state index in [2.05, 4.69) is 19.2 Å². The zero-order chi connectivity index (χ0) is 8.97. The Morgan fingerprint density at radius 3 is 2.67 bits per heavy atom. The van der Waals surface area contributed by atoms with E-state index in [1.807, 2.05) is 0 Å². The predicted octanol–water partition coefficient (Wildman–Crippen LogP) is 1.36. The molecule has 0 saturated heterocycles. The first-order chi connectivity index (χ1) is 5.70. The van der Waals surface area contributed by atoms with Crippen LogP contribution >= 0.6 is 0 Å². The van der Waals surface area contributed by atoms with Crippen molar-refractivity contribution in [3.63, 3.8) is 0 Å². The van der Waals surface area contributed by atoms with Gasteiger partial charge >= 0.3 is 0 Å². The van der Waals surface area contributed by atoms with Crippen molar-refractivity contribution < 1.29 is 0 Å². The van der Waals surface area contributed by atoms with E-state index < -0.39 is 0 Å². The summed E-state index contributed by atoms with van der Waals surface area (Å²) in [6.07, 6.45) is 3.88. The summed E-state index contributed by atoms with van der Waals surface area (Å²) in [5, 5.41) is 3.48. The van der Waals surface area contributed by atoms with E-state index in [1.165, 1.54) is 19.3 Å². The standard InChI is InChI=1S/C10H22N2/c1-8(2)6-12-7-9-4-3-5-10(9)11/h8-10,12H,3-7,11H2,1-2H3/t9-,10-/m0/s1. The molecular weight excluding hydrogens is 148 g/mol. The molecule has 0 bridgehead atoms. The predicted molar refractivity (Wildman–Crippen MR) is 53.0 cm³/mol. The smallest absolute Gasteiger partial charge is 0.00792 e. The van der Waals surface area contributed by atoms with E-state index in [0.717, 1.165) is 24.9 Å². The van der Waals surface area contributed by atoms with Crippen molar-refractivity contribution in [2.45, 2.75) is 39.2 Å². The van der Waals surface area contributed by atoms with Crippen LogP contribution in [-0.4, -0.2) is 19.1 Å². The van der Waals surface area contributed by atoms with Gasteiger partial charge in [0.15, 0.2) is 0 Å². The van der Waals surface area contributed by atoms with Crippen LogP contribution in [0.4, 0.5) is 0 Å². The normalized spacial score (nSPS) is 30.0. The van der Waals surface area contributed by atoms with Crippen LogP contribution in [0.1, 0.15) is 33.1 Å². The summed E-state index contributed by atoms with van der Waals surface area (Å²) < 4.78 is 0. The fourth-order valence-corrected chi connectivity index (χ4v) is 1.88. The first-order valence-corrected chi connectivity index (χ1v) is 5.16. The average Bonchev–Trinajstić information content (AvgIpc) is 2.36. The lowest BCUT2D eigenvalue weighted by atomic mass is 10.0. The Labute approximate surface area is 75.9 Å². The maximum atomic E-state index is 5.96. The summed E-state index contributed by atoms with van der Waals surface area (Å²) in [6, 6.07) is 0.463. The summed E-state index contributed by atoms with van der Waals surface area (Å²) in [5.41, 5.74) is 5.96. The molecule has 0 aromatic heterocycles. The molecule has 0 amide bonds. The first kappa shape index (κ1) is 10.0. The van der Waals surface area contributed by atoms with Gasteiger partial charge in [0, 0.05) is 6.04 Å². The molecule has 1 saturated carbocycles. The van der Waals surface area contributed by atoms with Crippen molar-refractivity contribution in [2.24, 2.45) is 17.6 Å². The van der Waals surface area contributed by atoms with Crippen LogP contribution in [0.5, 0.6) is 0 Å². The fraction of sp³-hybridized carbons (Fsp3) is 1.00. The third-order valence-electron chi connectivity index (χ3n) is 2.68. The van der Waals surface area contributed by atoms with Gasteiger partial charge in [0.05, 0.1) is 0 Å². The monoisotopic (exact) mass is 170 g/mol. The van der Waals surface area contributed by atoms with Gasteiger partial charge in [0.2, 0.25) is 0 Å². The second-order valence-electron chi connectivity index (χ2n) is 4.41. The number of nitrogens with one attached hydrogen (secondary N) is 1. The quantitative estimate of drug-likeness (QED) is 0.668. The van der Waals surface area contributed by atoms with Crippen molar-refractivity contribution in [3.8, 4) is 0 Å². The molecule has 0 radical (unpaired) electrons. The molecular formula is C10H22N2. The van der Waals surface area contributed by atoms with E-state index in [9.17, 15) is 0 Å². The highest BCUT2D eigenvalue weighted by molar-refractivity contribution is 4.81. The van der Waals surface area contributed by atoms with Crippen LogP contribution in [0, 0.1) is 11.8 Å². The second kappa shape index (κ2) is 4.83. The van der Waals surface area contributed by atoms with Crippen LogP contribution in [0.15, 0.2) is 0 Å². The Hall–Kier alpha value is -0.0800. The third kappa shape index (κ3) is 3.11. The van der Waals surface area contributed by atoms with Gasteiger partial charge in [-0.15, -0.1) is 0 Å². The van der Waals surface area contributed by atoms with Gasteiger partial charge in [0.25, 0.3) is 0 Å². The van der Waals surface area contributed by atoms with Crippen molar-refractivity contribution in [1.29, 1.82) is 0 Å². The lowest BCUT2D eigenvalue weighted by molar-refractivity contribution is 0.424. The highest BCUT2D eigenvalue weighted by Gasteiger charge is 2.22.